The van der Waals surface area contributed by atoms with Gasteiger partial charge in [-0.25, -0.2) is 4.39 Å². The molecular formula is C9H4FIN2O2. The Morgan fingerprint density at radius 1 is 1.47 bits per heavy atom. The van der Waals surface area contributed by atoms with Gasteiger partial charge in [0.2, 0.25) is 0 Å². The summed E-state index contributed by atoms with van der Waals surface area (Å²) in [6.07, 6.45) is 1.47. The summed E-state index contributed by atoms with van der Waals surface area (Å²) < 4.78 is 14.0. The van der Waals surface area contributed by atoms with Gasteiger partial charge in [0.25, 0.3) is 5.69 Å². The number of halogens is 2. The smallest absolute Gasteiger partial charge is 0.258 e. The molecule has 0 N–H and O–H groups in total. The summed E-state index contributed by atoms with van der Waals surface area (Å²) in [5, 5.41) is 10.9. The van der Waals surface area contributed by atoms with E-state index < -0.39 is 10.7 Å². The summed E-state index contributed by atoms with van der Waals surface area (Å²) in [7, 11) is 0. The number of pyridine rings is 1. The maximum Gasteiger partial charge on any atom is 0.279 e. The number of rotatable bonds is 1. The van der Waals surface area contributed by atoms with Crippen LogP contribution in [0.25, 0.3) is 10.9 Å². The fourth-order valence-electron chi connectivity index (χ4n) is 1.30. The van der Waals surface area contributed by atoms with Crippen LogP contribution in [-0.2, 0) is 0 Å². The normalized spacial score (nSPS) is 10.5. The first kappa shape index (κ1) is 10.2. The Kier molecular flexibility index (Phi) is 2.51. The van der Waals surface area contributed by atoms with E-state index in [4.69, 9.17) is 0 Å². The van der Waals surface area contributed by atoms with Gasteiger partial charge in [0, 0.05) is 15.8 Å². The van der Waals surface area contributed by atoms with E-state index in [0.29, 0.717) is 0 Å². The molecule has 2 aromatic rings. The number of benzene rings is 1. The Labute approximate surface area is 97.4 Å². The number of hydrogen-bond acceptors (Lipinski definition) is 3. The van der Waals surface area contributed by atoms with Gasteiger partial charge in [-0.2, -0.15) is 0 Å². The van der Waals surface area contributed by atoms with Gasteiger partial charge in [0.05, 0.1) is 10.3 Å². The van der Waals surface area contributed by atoms with Gasteiger partial charge in [0.1, 0.15) is 11.3 Å². The first-order chi connectivity index (χ1) is 7.09. The van der Waals surface area contributed by atoms with Crippen LogP contribution in [0.2, 0.25) is 0 Å². The summed E-state index contributed by atoms with van der Waals surface area (Å²) in [6, 6.07) is 3.75. The van der Waals surface area contributed by atoms with E-state index in [1.54, 1.807) is 6.07 Å². The van der Waals surface area contributed by atoms with Crippen molar-refractivity contribution >= 4 is 39.2 Å². The molecular weight excluding hydrogens is 314 g/mol. The maximum absolute atomic E-state index is 13.3. The van der Waals surface area contributed by atoms with Crippen molar-refractivity contribution in [3.63, 3.8) is 0 Å². The lowest BCUT2D eigenvalue weighted by atomic mass is 10.2. The number of nitrogens with zero attached hydrogens (tertiary/aromatic N) is 2. The fourth-order valence-corrected chi connectivity index (χ4v) is 1.76. The number of aromatic nitrogens is 1. The number of nitro groups is 1. The second kappa shape index (κ2) is 3.69. The molecule has 0 spiro atoms. The zero-order valence-corrected chi connectivity index (χ0v) is 9.43. The second-order valence-electron chi connectivity index (χ2n) is 2.87. The Balaban J connectivity index is 2.90. The number of non-ortho nitro benzene ring substituents is 1. The largest absolute Gasteiger partial charge is 0.279 e. The van der Waals surface area contributed by atoms with E-state index in [2.05, 4.69) is 4.98 Å². The Morgan fingerprint density at radius 2 is 2.20 bits per heavy atom. The highest BCUT2D eigenvalue weighted by Crippen LogP contribution is 2.27. The zero-order valence-electron chi connectivity index (χ0n) is 7.28. The van der Waals surface area contributed by atoms with Crippen LogP contribution in [0.3, 0.4) is 0 Å². The number of fused-ring (bicyclic) bond motifs is 1. The average Bonchev–Trinajstić information content (AvgIpc) is 2.17. The molecule has 0 aliphatic rings. The predicted molar refractivity (Wildman–Crippen MR) is 61.1 cm³/mol. The van der Waals surface area contributed by atoms with E-state index in [9.17, 15) is 14.5 Å². The summed E-state index contributed by atoms with van der Waals surface area (Å²) in [5.41, 5.74) is -0.0953. The second-order valence-corrected chi connectivity index (χ2v) is 4.12. The average molecular weight is 318 g/mol. The van der Waals surface area contributed by atoms with E-state index in [1.165, 1.54) is 6.20 Å². The standard InChI is InChI=1S/C9H4FIN2O2/c10-7-1-2-8(13(14)15)6-3-5(11)4-12-9(6)7/h1-4H. The van der Waals surface area contributed by atoms with Gasteiger partial charge < -0.3 is 0 Å². The van der Waals surface area contributed by atoms with Gasteiger partial charge in [-0.05, 0) is 34.7 Å². The molecule has 0 aliphatic carbocycles. The molecule has 0 amide bonds. The van der Waals surface area contributed by atoms with Gasteiger partial charge in [-0.3, -0.25) is 15.1 Å². The van der Waals surface area contributed by atoms with E-state index in [1.807, 2.05) is 22.6 Å². The molecule has 0 radical (unpaired) electrons. The van der Waals surface area contributed by atoms with Crippen LogP contribution in [0.4, 0.5) is 10.1 Å². The van der Waals surface area contributed by atoms with Gasteiger partial charge in [0.15, 0.2) is 0 Å². The zero-order chi connectivity index (χ0) is 11.0. The van der Waals surface area contributed by atoms with Crippen molar-refractivity contribution in [3.8, 4) is 0 Å². The molecule has 1 aromatic heterocycles. The van der Waals surface area contributed by atoms with Crippen LogP contribution < -0.4 is 0 Å². The molecule has 1 heterocycles. The summed E-state index contributed by atoms with van der Waals surface area (Å²) >= 11 is 1.97. The number of hydrogen-bond donors (Lipinski definition) is 0. The molecule has 0 atom stereocenters. The van der Waals surface area contributed by atoms with Crippen LogP contribution in [-0.4, -0.2) is 9.91 Å². The molecule has 0 unspecified atom stereocenters. The third kappa shape index (κ3) is 1.76. The lowest BCUT2D eigenvalue weighted by molar-refractivity contribution is -0.383. The molecule has 1 aromatic carbocycles. The summed E-state index contributed by atoms with van der Waals surface area (Å²) in [6.45, 7) is 0. The third-order valence-corrected chi connectivity index (χ3v) is 2.53. The molecule has 0 fully saturated rings. The monoisotopic (exact) mass is 318 g/mol. The van der Waals surface area contributed by atoms with Gasteiger partial charge in [-0.1, -0.05) is 0 Å². The minimum Gasteiger partial charge on any atom is -0.258 e. The van der Waals surface area contributed by atoms with Gasteiger partial charge in [-0.15, -0.1) is 0 Å². The Hall–Kier alpha value is -1.31. The summed E-state index contributed by atoms with van der Waals surface area (Å²) in [4.78, 5) is 14.0. The topological polar surface area (TPSA) is 56.0 Å². The Morgan fingerprint density at radius 3 is 2.87 bits per heavy atom. The van der Waals surface area contributed by atoms with Crippen molar-refractivity contribution in [2.45, 2.75) is 0 Å². The lowest BCUT2D eigenvalue weighted by Gasteiger charge is -2.00. The van der Waals surface area contributed by atoms with Crippen LogP contribution in [0.15, 0.2) is 24.4 Å². The molecule has 0 aliphatic heterocycles. The summed E-state index contributed by atoms with van der Waals surface area (Å²) in [5.74, 6) is -0.549. The molecule has 6 heteroatoms. The molecule has 76 valence electrons. The lowest BCUT2D eigenvalue weighted by Crippen LogP contribution is -1.93. The van der Waals surface area contributed by atoms with Crippen molar-refractivity contribution in [2.75, 3.05) is 0 Å². The molecule has 4 nitrogen and oxygen atoms in total. The highest BCUT2D eigenvalue weighted by atomic mass is 127. The van der Waals surface area contributed by atoms with Crippen molar-refractivity contribution in [3.05, 3.63) is 43.9 Å². The highest BCUT2D eigenvalue weighted by Gasteiger charge is 2.15. The minimum atomic E-state index is -0.549. The predicted octanol–water partition coefficient (Wildman–Crippen LogP) is 2.89. The molecule has 0 saturated carbocycles. The van der Waals surface area contributed by atoms with Crippen LogP contribution in [0, 0.1) is 19.5 Å². The van der Waals surface area contributed by atoms with E-state index in [-0.39, 0.29) is 16.6 Å². The van der Waals surface area contributed by atoms with Crippen molar-refractivity contribution in [1.82, 2.24) is 4.98 Å². The first-order valence-corrected chi connectivity index (χ1v) is 5.05. The SMILES string of the molecule is O=[N+]([O-])c1ccc(F)c2ncc(I)cc12. The number of nitro benzene ring substituents is 1. The van der Waals surface area contributed by atoms with Gasteiger partial charge >= 0.3 is 0 Å². The van der Waals surface area contributed by atoms with Crippen LogP contribution in [0.5, 0.6) is 0 Å². The maximum atomic E-state index is 13.3. The van der Waals surface area contributed by atoms with E-state index >= 15 is 0 Å². The van der Waals surface area contributed by atoms with Crippen molar-refractivity contribution in [2.24, 2.45) is 0 Å². The van der Waals surface area contributed by atoms with Crippen LogP contribution >= 0.6 is 22.6 Å². The van der Waals surface area contributed by atoms with Crippen LogP contribution in [0.1, 0.15) is 0 Å². The van der Waals surface area contributed by atoms with Crippen molar-refractivity contribution in [1.29, 1.82) is 0 Å². The molecule has 0 bridgehead atoms. The van der Waals surface area contributed by atoms with Crippen molar-refractivity contribution < 1.29 is 9.31 Å². The Bertz CT molecular complexity index is 559. The third-order valence-electron chi connectivity index (χ3n) is 1.94. The molecule has 2 rings (SSSR count). The fraction of sp³-hybridized carbons (Fsp3) is 0. The quantitative estimate of drug-likeness (QED) is 0.461. The molecule has 0 saturated heterocycles. The highest BCUT2D eigenvalue weighted by molar-refractivity contribution is 14.1. The molecule has 15 heavy (non-hydrogen) atoms. The minimum absolute atomic E-state index is 0.0321. The first-order valence-electron chi connectivity index (χ1n) is 3.98. The van der Waals surface area contributed by atoms with E-state index in [0.717, 1.165) is 15.7 Å².